The number of thioether (sulfide) groups is 1. The Morgan fingerprint density at radius 1 is 1.20 bits per heavy atom. The summed E-state index contributed by atoms with van der Waals surface area (Å²) in [7, 11) is 1.64. The van der Waals surface area contributed by atoms with E-state index in [0.29, 0.717) is 12.3 Å². The first-order valence-corrected chi connectivity index (χ1v) is 8.84. The lowest BCUT2D eigenvalue weighted by molar-refractivity contribution is 0.270. The van der Waals surface area contributed by atoms with Gasteiger partial charge in [-0.05, 0) is 23.8 Å². The van der Waals surface area contributed by atoms with Crippen LogP contribution >= 0.6 is 11.8 Å². The van der Waals surface area contributed by atoms with Crippen LogP contribution in [0.1, 0.15) is 16.8 Å². The van der Waals surface area contributed by atoms with Crippen molar-refractivity contribution in [3.8, 4) is 5.75 Å². The van der Waals surface area contributed by atoms with Crippen LogP contribution in [-0.4, -0.2) is 21.8 Å². The predicted octanol–water partition coefficient (Wildman–Crippen LogP) is 3.86. The summed E-state index contributed by atoms with van der Waals surface area (Å²) in [6.07, 6.45) is 1.67. The number of hydrogen-bond acceptors (Lipinski definition) is 4. The van der Waals surface area contributed by atoms with Crippen molar-refractivity contribution in [3.05, 3.63) is 77.4 Å². The van der Waals surface area contributed by atoms with Gasteiger partial charge in [0, 0.05) is 11.3 Å². The fourth-order valence-corrected chi connectivity index (χ4v) is 3.52. The normalized spacial score (nSPS) is 10.8. The van der Waals surface area contributed by atoms with Crippen LogP contribution in [0.2, 0.25) is 0 Å². The number of rotatable bonds is 7. The topological polar surface area (TPSA) is 47.3 Å². The molecule has 0 aliphatic carbocycles. The molecule has 0 saturated carbocycles. The van der Waals surface area contributed by atoms with E-state index in [0.717, 1.165) is 27.7 Å². The second-order valence-corrected chi connectivity index (χ2v) is 6.45. The number of hydrogen-bond donors (Lipinski definition) is 1. The summed E-state index contributed by atoms with van der Waals surface area (Å²) in [6, 6.07) is 14.3. The van der Waals surface area contributed by atoms with Crippen LogP contribution in [0.4, 0.5) is 4.39 Å². The number of nitrogens with zero attached hydrogens (tertiary/aromatic N) is 2. The van der Waals surface area contributed by atoms with Crippen LogP contribution in [0.15, 0.2) is 59.9 Å². The SMILES string of the molecule is COc1ccccc1Cn1c(CO)cnc1SCc1cccc(F)c1. The maximum Gasteiger partial charge on any atom is 0.168 e. The number of ether oxygens (including phenoxy) is 1. The number of aromatic nitrogens is 2. The zero-order chi connectivity index (χ0) is 17.6. The van der Waals surface area contributed by atoms with Gasteiger partial charge in [0.05, 0.1) is 32.2 Å². The van der Waals surface area contributed by atoms with Crippen molar-refractivity contribution in [2.75, 3.05) is 7.11 Å². The highest BCUT2D eigenvalue weighted by Crippen LogP contribution is 2.26. The molecule has 0 saturated heterocycles. The smallest absolute Gasteiger partial charge is 0.168 e. The molecular formula is C19H19FN2O2S. The summed E-state index contributed by atoms with van der Waals surface area (Å²) in [5.41, 5.74) is 2.63. The molecule has 4 nitrogen and oxygen atoms in total. The van der Waals surface area contributed by atoms with Crippen molar-refractivity contribution in [2.24, 2.45) is 0 Å². The number of aliphatic hydroxyl groups excluding tert-OH is 1. The maximum absolute atomic E-state index is 13.3. The molecule has 6 heteroatoms. The van der Waals surface area contributed by atoms with Gasteiger partial charge in [0.2, 0.25) is 0 Å². The van der Waals surface area contributed by atoms with Gasteiger partial charge < -0.3 is 14.4 Å². The monoisotopic (exact) mass is 358 g/mol. The van der Waals surface area contributed by atoms with Gasteiger partial charge in [-0.2, -0.15) is 0 Å². The van der Waals surface area contributed by atoms with E-state index in [1.54, 1.807) is 19.4 Å². The summed E-state index contributed by atoms with van der Waals surface area (Å²) < 4.78 is 20.7. The first-order valence-electron chi connectivity index (χ1n) is 7.85. The van der Waals surface area contributed by atoms with Crippen molar-refractivity contribution in [1.82, 2.24) is 9.55 Å². The Bertz CT molecular complexity index is 851. The van der Waals surface area contributed by atoms with Gasteiger partial charge in [-0.15, -0.1) is 0 Å². The van der Waals surface area contributed by atoms with Crippen LogP contribution in [0, 0.1) is 5.82 Å². The number of imidazole rings is 1. The molecule has 1 N–H and O–H groups in total. The van der Waals surface area contributed by atoms with Crippen molar-refractivity contribution >= 4 is 11.8 Å². The minimum Gasteiger partial charge on any atom is -0.496 e. The van der Waals surface area contributed by atoms with Gasteiger partial charge in [0.1, 0.15) is 11.6 Å². The molecule has 3 rings (SSSR count). The minimum atomic E-state index is -0.244. The number of benzene rings is 2. The second kappa shape index (κ2) is 8.18. The Hall–Kier alpha value is -2.31. The molecule has 25 heavy (non-hydrogen) atoms. The van der Waals surface area contributed by atoms with Gasteiger partial charge in [-0.25, -0.2) is 9.37 Å². The molecular weight excluding hydrogens is 339 g/mol. The zero-order valence-electron chi connectivity index (χ0n) is 13.9. The lowest BCUT2D eigenvalue weighted by atomic mass is 10.2. The third-order valence-electron chi connectivity index (χ3n) is 3.84. The van der Waals surface area contributed by atoms with E-state index in [2.05, 4.69) is 4.98 Å². The summed E-state index contributed by atoms with van der Waals surface area (Å²) >= 11 is 1.51. The van der Waals surface area contributed by atoms with Gasteiger partial charge in [0.15, 0.2) is 5.16 Å². The molecule has 1 heterocycles. The highest BCUT2D eigenvalue weighted by molar-refractivity contribution is 7.98. The molecule has 0 amide bonds. The Balaban J connectivity index is 1.82. The average molecular weight is 358 g/mol. The molecule has 0 aliphatic rings. The van der Waals surface area contributed by atoms with Crippen LogP contribution in [0.25, 0.3) is 0 Å². The number of methoxy groups -OCH3 is 1. The highest BCUT2D eigenvalue weighted by atomic mass is 32.2. The minimum absolute atomic E-state index is 0.0946. The van der Waals surface area contributed by atoms with E-state index < -0.39 is 0 Å². The molecule has 2 aromatic carbocycles. The van der Waals surface area contributed by atoms with Crippen LogP contribution in [0.5, 0.6) is 5.75 Å². The van der Waals surface area contributed by atoms with Crippen LogP contribution < -0.4 is 4.74 Å². The fourth-order valence-electron chi connectivity index (χ4n) is 2.58. The Morgan fingerprint density at radius 2 is 2.04 bits per heavy atom. The van der Waals surface area contributed by atoms with Crippen LogP contribution in [-0.2, 0) is 18.9 Å². The number of halogens is 1. The first kappa shape index (κ1) is 17.5. The van der Waals surface area contributed by atoms with Crippen molar-refractivity contribution < 1.29 is 14.2 Å². The number of aliphatic hydroxyl groups is 1. The van der Waals surface area contributed by atoms with Crippen molar-refractivity contribution in [2.45, 2.75) is 24.1 Å². The summed E-state index contributed by atoms with van der Waals surface area (Å²) in [5, 5.41) is 10.4. The molecule has 0 radical (unpaired) electrons. The molecule has 0 aliphatic heterocycles. The Morgan fingerprint density at radius 3 is 2.80 bits per heavy atom. The lowest BCUT2D eigenvalue weighted by Gasteiger charge is -2.13. The standard InChI is InChI=1S/C19H19FN2O2S/c1-24-18-8-3-2-6-15(18)11-22-17(12-23)10-21-19(22)25-13-14-5-4-7-16(20)9-14/h2-10,23H,11-13H2,1H3. The Kier molecular flexibility index (Phi) is 5.73. The third-order valence-corrected chi connectivity index (χ3v) is 4.90. The summed E-state index contributed by atoms with van der Waals surface area (Å²) in [4.78, 5) is 4.41. The van der Waals surface area contributed by atoms with E-state index >= 15 is 0 Å². The maximum atomic E-state index is 13.3. The van der Waals surface area contributed by atoms with Gasteiger partial charge in [-0.1, -0.05) is 42.1 Å². The van der Waals surface area contributed by atoms with E-state index in [-0.39, 0.29) is 12.4 Å². The van der Waals surface area contributed by atoms with E-state index in [4.69, 9.17) is 4.74 Å². The molecule has 0 atom stereocenters. The second-order valence-electron chi connectivity index (χ2n) is 5.51. The third kappa shape index (κ3) is 4.21. The van der Waals surface area contributed by atoms with Gasteiger partial charge in [-0.3, -0.25) is 0 Å². The Labute approximate surface area is 150 Å². The largest absolute Gasteiger partial charge is 0.496 e. The quantitative estimate of drug-likeness (QED) is 0.652. The summed E-state index contributed by atoms with van der Waals surface area (Å²) in [5.74, 6) is 1.15. The van der Waals surface area contributed by atoms with E-state index in [9.17, 15) is 9.50 Å². The average Bonchev–Trinajstić information content (AvgIpc) is 3.02. The van der Waals surface area contributed by atoms with Gasteiger partial charge in [0.25, 0.3) is 0 Å². The van der Waals surface area contributed by atoms with E-state index in [1.807, 2.05) is 34.9 Å². The molecule has 0 bridgehead atoms. The van der Waals surface area contributed by atoms with Crippen LogP contribution in [0.3, 0.4) is 0 Å². The van der Waals surface area contributed by atoms with Crippen molar-refractivity contribution in [3.63, 3.8) is 0 Å². The van der Waals surface area contributed by atoms with E-state index in [1.165, 1.54) is 23.9 Å². The van der Waals surface area contributed by atoms with Gasteiger partial charge >= 0.3 is 0 Å². The lowest BCUT2D eigenvalue weighted by Crippen LogP contribution is -2.07. The fraction of sp³-hybridized carbons (Fsp3) is 0.211. The molecule has 1 aromatic heterocycles. The molecule has 3 aromatic rings. The molecule has 130 valence electrons. The van der Waals surface area contributed by atoms with Crippen molar-refractivity contribution in [1.29, 1.82) is 0 Å². The molecule has 0 spiro atoms. The highest BCUT2D eigenvalue weighted by Gasteiger charge is 2.13. The first-order chi connectivity index (χ1) is 12.2. The zero-order valence-corrected chi connectivity index (χ0v) is 14.7. The predicted molar refractivity (Wildman–Crippen MR) is 96.2 cm³/mol. The number of para-hydroxylation sites is 1. The molecule has 0 unspecified atom stereocenters. The summed E-state index contributed by atoms with van der Waals surface area (Å²) in [6.45, 7) is 0.452. The molecule has 0 fully saturated rings.